The van der Waals surface area contributed by atoms with Gasteiger partial charge in [-0.3, -0.25) is 14.5 Å². The third-order valence-electron chi connectivity index (χ3n) is 4.28. The van der Waals surface area contributed by atoms with Gasteiger partial charge in [0.1, 0.15) is 4.90 Å². The Balaban J connectivity index is 0.000000200. The smallest absolute Gasteiger partial charge is 0.268 e. The van der Waals surface area contributed by atoms with Crippen molar-refractivity contribution in [2.45, 2.75) is 18.7 Å². The minimum atomic E-state index is -4.01. The Kier molecular flexibility index (Phi) is 10.1. The fraction of sp³-hybridized carbons (Fsp3) is 0.0952. The molecule has 0 fully saturated rings. The number of aromatic amines is 2. The van der Waals surface area contributed by atoms with Crippen LogP contribution in [0.2, 0.25) is 0 Å². The molecule has 0 amide bonds. The highest BCUT2D eigenvalue weighted by Crippen LogP contribution is 2.15. The second-order valence-corrected chi connectivity index (χ2v) is 11.4. The second kappa shape index (κ2) is 12.4. The molecule has 0 bridgehead atoms. The lowest BCUT2D eigenvalue weighted by atomic mass is 10.1. The number of aromatic nitrogens is 2. The van der Waals surface area contributed by atoms with Crippen LogP contribution in [-0.2, 0) is 19.0 Å². The van der Waals surface area contributed by atoms with Crippen LogP contribution in [0.3, 0.4) is 0 Å². The third-order valence-corrected chi connectivity index (χ3v) is 5.86. The highest BCUT2D eigenvalue weighted by atomic mass is 127. The lowest BCUT2D eigenvalue weighted by Crippen LogP contribution is -2.12. The van der Waals surface area contributed by atoms with E-state index in [2.05, 4.69) is 32.1 Å². The van der Waals surface area contributed by atoms with Crippen molar-refractivity contribution in [2.75, 3.05) is 0 Å². The number of hydrogen-bond donors (Lipinski definition) is 3. The van der Waals surface area contributed by atoms with Crippen LogP contribution >= 0.6 is 45.5 Å². The first-order chi connectivity index (χ1) is 15.9. The molecule has 0 saturated carbocycles. The zero-order valence-corrected chi connectivity index (χ0v) is 22.2. The summed E-state index contributed by atoms with van der Waals surface area (Å²) in [4.78, 5) is 32.3. The molecule has 0 aliphatic rings. The molecule has 4 rings (SSSR count). The van der Waals surface area contributed by atoms with Gasteiger partial charge in [0.25, 0.3) is 12.1 Å². The first-order valence-electron chi connectivity index (χ1n) is 9.26. The third kappa shape index (κ3) is 7.85. The average Bonchev–Trinajstić information content (AvgIpc) is 2.75. The number of pyridine rings is 2. The Morgan fingerprint density at radius 2 is 1.56 bits per heavy atom. The summed E-state index contributed by atoms with van der Waals surface area (Å²) in [6.45, 7) is 3.80. The molecule has 3 N–H and O–H groups in total. The zero-order valence-electron chi connectivity index (χ0n) is 17.7. The number of rotatable bonds is 2. The summed E-state index contributed by atoms with van der Waals surface area (Å²) in [5, 5.41) is 11.7. The Morgan fingerprint density at radius 1 is 1.00 bits per heavy atom. The van der Waals surface area contributed by atoms with Gasteiger partial charge in [-0.25, -0.2) is 13.7 Å². The van der Waals surface area contributed by atoms with E-state index in [0.717, 1.165) is 28.2 Å². The largest absolute Gasteiger partial charge is 0.361 e. The quantitative estimate of drug-likeness (QED) is 0.0944. The molecule has 0 spiro atoms. The van der Waals surface area contributed by atoms with Gasteiger partial charge < -0.3 is 9.97 Å². The molecule has 9 nitrogen and oxygen atoms in total. The van der Waals surface area contributed by atoms with Crippen molar-refractivity contribution in [1.29, 1.82) is 0 Å². The molecular formula is C21H18ClIN2O7S2. The summed E-state index contributed by atoms with van der Waals surface area (Å²) in [6, 6.07) is 12.5. The average molecular weight is 637 g/mol. The van der Waals surface area contributed by atoms with Gasteiger partial charge in [0.15, 0.2) is 5.43 Å². The van der Waals surface area contributed by atoms with E-state index >= 15 is 0 Å². The van der Waals surface area contributed by atoms with Crippen LogP contribution in [0.1, 0.15) is 11.1 Å². The lowest BCUT2D eigenvalue weighted by Gasteiger charge is -2.01. The first kappa shape index (κ1) is 27.9. The summed E-state index contributed by atoms with van der Waals surface area (Å²) in [6.07, 6.45) is 2.78. The molecule has 0 aliphatic carbocycles. The molecule has 13 heteroatoms. The van der Waals surface area contributed by atoms with Crippen molar-refractivity contribution in [2.24, 2.45) is 0 Å². The molecule has 180 valence electrons. The SMILES string of the molecule is Cc1ccc2[nH]cc(S(=O)(=O)Cl)c(=O)c2c1.Cc1ccc2[nH]ccc(=O)c2c1.OOOC(=S)I. The second-order valence-electron chi connectivity index (χ2n) is 6.76. The molecule has 0 unspecified atom stereocenters. The van der Waals surface area contributed by atoms with Gasteiger partial charge in [-0.05, 0) is 55.4 Å². The molecule has 0 saturated heterocycles. The van der Waals surface area contributed by atoms with Gasteiger partial charge in [-0.15, -0.1) is 0 Å². The summed E-state index contributed by atoms with van der Waals surface area (Å²) in [5.74, 6) is 0. The van der Waals surface area contributed by atoms with Gasteiger partial charge >= 0.3 is 0 Å². The van der Waals surface area contributed by atoms with Crippen molar-refractivity contribution in [3.63, 3.8) is 0 Å². The summed E-state index contributed by atoms with van der Waals surface area (Å²) in [5.41, 5.74) is 2.97. The highest BCUT2D eigenvalue weighted by molar-refractivity contribution is 14.1. The van der Waals surface area contributed by atoms with Crippen molar-refractivity contribution in [3.05, 3.63) is 86.4 Å². The number of thiocarbonyl (C=S) groups is 1. The van der Waals surface area contributed by atoms with E-state index in [1.54, 1.807) is 47.0 Å². The van der Waals surface area contributed by atoms with E-state index < -0.39 is 19.4 Å². The normalized spacial score (nSPS) is 10.6. The van der Waals surface area contributed by atoms with E-state index in [0.29, 0.717) is 10.9 Å². The predicted octanol–water partition coefficient (Wildman–Crippen LogP) is 4.73. The number of benzene rings is 2. The maximum Gasteiger partial charge on any atom is 0.268 e. The van der Waals surface area contributed by atoms with Gasteiger partial charge in [-0.1, -0.05) is 23.3 Å². The van der Waals surface area contributed by atoms with Crippen LogP contribution in [0.5, 0.6) is 0 Å². The highest BCUT2D eigenvalue weighted by Gasteiger charge is 2.16. The Hall–Kier alpha value is -2.36. The standard InChI is InChI=1S/C10H8ClNO3S.C10H9NO.CHIO3S/c1-6-2-3-8-7(4-6)10(13)9(5-12-8)16(11,14)15;1-7-2-3-9-8(6-7)10(12)4-5-11-9;2-1(6)4-5-3/h2-5H,1H3,(H,12,13);2-6H,1H3,(H,11,12);3H. The van der Waals surface area contributed by atoms with Crippen LogP contribution in [-0.4, -0.2) is 26.7 Å². The van der Waals surface area contributed by atoms with Crippen LogP contribution < -0.4 is 10.9 Å². The van der Waals surface area contributed by atoms with E-state index in [-0.39, 0.29) is 8.49 Å². The molecule has 0 aliphatic heterocycles. The topological polar surface area (TPSA) is 139 Å². The van der Waals surface area contributed by atoms with E-state index in [9.17, 15) is 18.0 Å². The molecule has 2 aromatic carbocycles. The molecule has 2 heterocycles. The minimum Gasteiger partial charge on any atom is -0.361 e. The lowest BCUT2D eigenvalue weighted by molar-refractivity contribution is -0.446. The van der Waals surface area contributed by atoms with Crippen molar-refractivity contribution >= 4 is 79.4 Å². The monoisotopic (exact) mass is 636 g/mol. The number of aryl methyl sites for hydroxylation is 2. The van der Waals surface area contributed by atoms with Crippen LogP contribution in [0, 0.1) is 13.8 Å². The van der Waals surface area contributed by atoms with Crippen LogP contribution in [0.15, 0.2) is 69.3 Å². The number of halogens is 2. The summed E-state index contributed by atoms with van der Waals surface area (Å²) in [7, 11) is 1.15. The number of H-pyrrole nitrogens is 2. The molecule has 4 aromatic rings. The maximum absolute atomic E-state index is 11.8. The van der Waals surface area contributed by atoms with Crippen LogP contribution in [0.25, 0.3) is 21.8 Å². The summed E-state index contributed by atoms with van der Waals surface area (Å²) < 4.78 is 22.4. The van der Waals surface area contributed by atoms with Gasteiger partial charge in [-0.2, -0.15) is 0 Å². The fourth-order valence-corrected chi connectivity index (χ4v) is 3.79. The van der Waals surface area contributed by atoms with Gasteiger partial charge in [0, 0.05) is 73.5 Å². The summed E-state index contributed by atoms with van der Waals surface area (Å²) >= 11 is 5.94. The van der Waals surface area contributed by atoms with Gasteiger partial charge in [0.05, 0.1) is 0 Å². The Bertz CT molecular complexity index is 1550. The van der Waals surface area contributed by atoms with E-state index in [1.807, 2.05) is 38.1 Å². The fourth-order valence-electron chi connectivity index (χ4n) is 2.81. The molecular weight excluding hydrogens is 619 g/mol. The number of hydrogen-bond acceptors (Lipinski definition) is 8. The first-order valence-corrected chi connectivity index (χ1v) is 13.1. The molecule has 34 heavy (non-hydrogen) atoms. The van der Waals surface area contributed by atoms with Crippen molar-refractivity contribution < 1.29 is 23.6 Å². The van der Waals surface area contributed by atoms with E-state index in [4.69, 9.17) is 15.9 Å². The number of nitrogens with one attached hydrogen (secondary N) is 2. The predicted molar refractivity (Wildman–Crippen MR) is 143 cm³/mol. The zero-order chi connectivity index (χ0) is 25.5. The van der Waals surface area contributed by atoms with Crippen molar-refractivity contribution in [1.82, 2.24) is 9.97 Å². The van der Waals surface area contributed by atoms with Gasteiger partial charge in [0.2, 0.25) is 5.43 Å². The number of fused-ring (bicyclic) bond motifs is 2. The molecule has 2 aromatic heterocycles. The van der Waals surface area contributed by atoms with Crippen molar-refractivity contribution in [3.8, 4) is 0 Å². The Morgan fingerprint density at radius 3 is 2.06 bits per heavy atom. The molecule has 0 radical (unpaired) electrons. The van der Waals surface area contributed by atoms with Crippen LogP contribution in [0.4, 0.5) is 0 Å². The Labute approximate surface area is 217 Å². The minimum absolute atomic E-state index is 0.0763. The maximum atomic E-state index is 11.8. The molecule has 0 atom stereocenters. The van der Waals surface area contributed by atoms with E-state index in [1.165, 1.54) is 0 Å².